The SMILES string of the molecule is CC(C)(C)c1ccc2c(c1)c1cc(C(C)(C)C)ccc1n2-c1cc2c3c(c1)[Si](c1ccccc1)(c1ccccc1)c1ccccc1N3c1ccccc1[Si]2(c1ccccc1)c1ccccc1. The first kappa shape index (κ1) is 40.5. The fourth-order valence-corrected chi connectivity index (χ4v) is 22.2. The number of benzene rings is 9. The lowest BCUT2D eigenvalue weighted by Gasteiger charge is -2.52. The number of para-hydroxylation sites is 2. The van der Waals surface area contributed by atoms with Crippen molar-refractivity contribution in [2.45, 2.75) is 52.4 Å². The molecule has 0 amide bonds. The molecule has 320 valence electrons. The van der Waals surface area contributed by atoms with E-state index in [1.165, 1.54) is 97.2 Å². The zero-order valence-electron chi connectivity index (χ0n) is 38.7. The number of anilines is 3. The molecule has 4 heteroatoms. The topological polar surface area (TPSA) is 8.17 Å². The number of hydrogen-bond acceptors (Lipinski definition) is 1. The van der Waals surface area contributed by atoms with Crippen molar-refractivity contribution in [2.24, 2.45) is 0 Å². The average Bonchev–Trinajstić information content (AvgIpc) is 3.68. The van der Waals surface area contributed by atoms with Crippen LogP contribution in [0.3, 0.4) is 0 Å². The van der Waals surface area contributed by atoms with Crippen molar-refractivity contribution in [2.75, 3.05) is 4.90 Å². The molecule has 0 saturated carbocycles. The van der Waals surface area contributed by atoms with Gasteiger partial charge in [-0.1, -0.05) is 211 Å². The fourth-order valence-electron chi connectivity index (χ4n) is 11.8. The molecule has 9 aromatic carbocycles. The van der Waals surface area contributed by atoms with Crippen molar-refractivity contribution in [3.8, 4) is 5.69 Å². The summed E-state index contributed by atoms with van der Waals surface area (Å²) in [6, 6.07) is 84.7. The summed E-state index contributed by atoms with van der Waals surface area (Å²) in [4.78, 5) is 2.67. The normalized spacial score (nSPS) is 14.7. The van der Waals surface area contributed by atoms with Crippen LogP contribution in [0.25, 0.3) is 27.5 Å². The predicted octanol–water partition coefficient (Wildman–Crippen LogP) is 10.2. The molecule has 2 nitrogen and oxygen atoms in total. The first-order chi connectivity index (χ1) is 32.0. The van der Waals surface area contributed by atoms with Gasteiger partial charge in [-0.3, -0.25) is 0 Å². The highest BCUT2D eigenvalue weighted by atomic mass is 28.3. The summed E-state index contributed by atoms with van der Waals surface area (Å²) in [5.74, 6) is 0. The first-order valence-electron chi connectivity index (χ1n) is 23.5. The van der Waals surface area contributed by atoms with Crippen LogP contribution in [0.4, 0.5) is 17.1 Å². The molecule has 0 unspecified atom stereocenters. The van der Waals surface area contributed by atoms with Crippen molar-refractivity contribution in [3.63, 3.8) is 0 Å². The summed E-state index contributed by atoms with van der Waals surface area (Å²) in [6.45, 7) is 14.0. The smallest absolute Gasteiger partial charge is 0.184 e. The van der Waals surface area contributed by atoms with Crippen LogP contribution in [-0.2, 0) is 10.8 Å². The third-order valence-corrected chi connectivity index (χ3v) is 24.4. The Bertz CT molecular complexity index is 3180. The van der Waals surface area contributed by atoms with Crippen LogP contribution in [0.15, 0.2) is 218 Å². The maximum atomic E-state index is 2.67. The third-order valence-electron chi connectivity index (χ3n) is 14.8. The molecule has 0 aliphatic carbocycles. The standard InChI is InChI=1S/C62H54N2Si2/c1-61(2,3)43-35-37-52-50(39-43)51-40-44(62(4,5)6)36-38-53(51)63(52)45-41-58-60-59(42-45)66(48-27-15-9-16-28-48,49-29-17-10-18-30-49)57-34-22-20-32-55(57)64(60)54-31-19-21-33-56(54)65(58,46-23-11-7-12-24-46)47-25-13-8-14-26-47/h7-42H,1-6H3. The van der Waals surface area contributed by atoms with Gasteiger partial charge in [0.1, 0.15) is 0 Å². The van der Waals surface area contributed by atoms with Gasteiger partial charge in [0.25, 0.3) is 0 Å². The minimum atomic E-state index is -3.10. The van der Waals surface area contributed by atoms with E-state index in [0.717, 1.165) is 0 Å². The van der Waals surface area contributed by atoms with E-state index in [0.29, 0.717) is 0 Å². The number of nitrogens with zero attached hydrogens (tertiary/aromatic N) is 2. The van der Waals surface area contributed by atoms with Crippen molar-refractivity contribution >= 4 is 96.5 Å². The Hall–Kier alpha value is -6.99. The van der Waals surface area contributed by atoms with Gasteiger partial charge >= 0.3 is 0 Å². The Morgan fingerprint density at radius 3 is 1.02 bits per heavy atom. The van der Waals surface area contributed by atoms with E-state index in [9.17, 15) is 0 Å². The van der Waals surface area contributed by atoms with E-state index in [1.54, 1.807) is 0 Å². The van der Waals surface area contributed by atoms with Crippen LogP contribution < -0.4 is 46.4 Å². The summed E-state index contributed by atoms with van der Waals surface area (Å²) in [7, 11) is -6.19. The molecular weight excluding hydrogens is 829 g/mol. The highest BCUT2D eigenvalue weighted by molar-refractivity contribution is 7.24. The second-order valence-corrected chi connectivity index (χ2v) is 28.0. The van der Waals surface area contributed by atoms with Crippen LogP contribution in [0, 0.1) is 0 Å². The zero-order chi connectivity index (χ0) is 45.0. The molecule has 0 radical (unpaired) electrons. The van der Waals surface area contributed by atoms with Crippen molar-refractivity contribution < 1.29 is 0 Å². The summed E-state index contributed by atoms with van der Waals surface area (Å²) >= 11 is 0. The van der Waals surface area contributed by atoms with E-state index in [4.69, 9.17) is 0 Å². The zero-order valence-corrected chi connectivity index (χ0v) is 40.7. The average molecular weight is 883 g/mol. The van der Waals surface area contributed by atoms with Crippen molar-refractivity contribution in [3.05, 3.63) is 230 Å². The van der Waals surface area contributed by atoms with Crippen LogP contribution in [0.2, 0.25) is 0 Å². The lowest BCUT2D eigenvalue weighted by molar-refractivity contribution is 0.590. The minimum Gasteiger partial charge on any atom is -0.311 e. The number of rotatable bonds is 5. The van der Waals surface area contributed by atoms with Crippen molar-refractivity contribution in [1.29, 1.82) is 0 Å². The van der Waals surface area contributed by atoms with Gasteiger partial charge in [-0.05, 0) is 112 Å². The van der Waals surface area contributed by atoms with Gasteiger partial charge in [-0.15, -0.1) is 0 Å². The molecule has 0 atom stereocenters. The van der Waals surface area contributed by atoms with Crippen LogP contribution in [-0.4, -0.2) is 20.7 Å². The number of fused-ring (bicyclic) bond motifs is 7. The second kappa shape index (κ2) is 14.8. The van der Waals surface area contributed by atoms with Crippen LogP contribution in [0.5, 0.6) is 0 Å². The number of aromatic nitrogens is 1. The Balaban J connectivity index is 1.34. The van der Waals surface area contributed by atoms with E-state index in [-0.39, 0.29) is 10.8 Å². The molecule has 66 heavy (non-hydrogen) atoms. The van der Waals surface area contributed by atoms with E-state index < -0.39 is 16.1 Å². The third kappa shape index (κ3) is 5.71. The molecule has 0 spiro atoms. The Morgan fingerprint density at radius 1 is 0.333 bits per heavy atom. The van der Waals surface area contributed by atoms with Gasteiger partial charge in [-0.2, -0.15) is 0 Å². The van der Waals surface area contributed by atoms with Crippen LogP contribution in [0.1, 0.15) is 52.7 Å². The Kier molecular flexibility index (Phi) is 9.06. The van der Waals surface area contributed by atoms with E-state index in [2.05, 4.69) is 269 Å². The molecule has 0 saturated heterocycles. The van der Waals surface area contributed by atoms with Gasteiger partial charge in [0.05, 0.1) is 11.0 Å². The van der Waals surface area contributed by atoms with E-state index in [1.807, 2.05) is 0 Å². The highest BCUT2D eigenvalue weighted by Gasteiger charge is 2.56. The molecule has 0 fully saturated rings. The maximum Gasteiger partial charge on any atom is 0.184 e. The molecule has 1 aromatic heterocycles. The lowest BCUT2D eigenvalue weighted by Crippen LogP contribution is -2.82. The number of hydrogen-bond donors (Lipinski definition) is 0. The summed E-state index contributed by atoms with van der Waals surface area (Å²) in [5, 5.41) is 13.8. The molecule has 2 aliphatic heterocycles. The van der Waals surface area contributed by atoms with Gasteiger partial charge in [-0.25, -0.2) is 0 Å². The highest BCUT2D eigenvalue weighted by Crippen LogP contribution is 2.44. The molecular formula is C62H54N2Si2. The van der Waals surface area contributed by atoms with Gasteiger partial charge < -0.3 is 9.47 Å². The monoisotopic (exact) mass is 882 g/mol. The van der Waals surface area contributed by atoms with Crippen LogP contribution >= 0.6 is 0 Å². The Morgan fingerprint density at radius 2 is 0.667 bits per heavy atom. The maximum absolute atomic E-state index is 3.10. The molecule has 2 aliphatic rings. The second-order valence-electron chi connectivity index (χ2n) is 20.5. The fraction of sp³-hybridized carbons (Fsp3) is 0.129. The van der Waals surface area contributed by atoms with Gasteiger partial charge in [0.15, 0.2) is 16.1 Å². The largest absolute Gasteiger partial charge is 0.311 e. The van der Waals surface area contributed by atoms with Gasteiger partial charge in [0.2, 0.25) is 0 Å². The summed E-state index contributed by atoms with van der Waals surface area (Å²) in [5.41, 5.74) is 10.3. The van der Waals surface area contributed by atoms with Crippen molar-refractivity contribution in [1.82, 2.24) is 4.57 Å². The molecule has 12 rings (SSSR count). The van der Waals surface area contributed by atoms with Gasteiger partial charge in [0, 0.05) is 33.5 Å². The quantitative estimate of drug-likeness (QED) is 0.156. The molecule has 0 bridgehead atoms. The lowest BCUT2D eigenvalue weighted by atomic mass is 9.85. The summed E-state index contributed by atoms with van der Waals surface area (Å²) in [6.07, 6.45) is 0. The molecule has 10 aromatic rings. The first-order valence-corrected chi connectivity index (χ1v) is 27.5. The minimum absolute atomic E-state index is 0.00236. The molecule has 3 heterocycles. The molecule has 0 N–H and O–H groups in total. The predicted molar refractivity (Wildman–Crippen MR) is 287 cm³/mol. The van der Waals surface area contributed by atoms with E-state index >= 15 is 0 Å². The summed E-state index contributed by atoms with van der Waals surface area (Å²) < 4.78 is 2.62. The Labute approximate surface area is 391 Å².